The number of hydrogen-bond acceptors (Lipinski definition) is 5. The lowest BCUT2D eigenvalue weighted by Gasteiger charge is -2.32. The number of halogens is 1. The second kappa shape index (κ2) is 6.53. The van der Waals surface area contributed by atoms with Crippen LogP contribution in [0.5, 0.6) is 0 Å². The number of aromatic nitrogens is 2. The van der Waals surface area contributed by atoms with Crippen LogP contribution >= 0.6 is 22.9 Å². The number of thiazole rings is 1. The zero-order valence-electron chi connectivity index (χ0n) is 12.5. The quantitative estimate of drug-likeness (QED) is 0.721. The summed E-state index contributed by atoms with van der Waals surface area (Å²) in [5.41, 5.74) is 2.18. The first-order valence-electron chi connectivity index (χ1n) is 7.57. The summed E-state index contributed by atoms with van der Waals surface area (Å²) in [5, 5.41) is 4.80. The summed E-state index contributed by atoms with van der Waals surface area (Å²) in [6.45, 7) is 3.34. The molecule has 4 rings (SSSR count). The van der Waals surface area contributed by atoms with E-state index in [0.29, 0.717) is 0 Å². The van der Waals surface area contributed by atoms with Gasteiger partial charge in [0, 0.05) is 47.8 Å². The van der Waals surface area contributed by atoms with Crippen LogP contribution in [0.2, 0.25) is 5.02 Å². The maximum absolute atomic E-state index is 6.28. The average Bonchev–Trinajstić information content (AvgIpc) is 3.13. The van der Waals surface area contributed by atoms with Crippen molar-refractivity contribution in [3.8, 4) is 0 Å². The van der Waals surface area contributed by atoms with Gasteiger partial charge in [-0.05, 0) is 23.8 Å². The minimum atomic E-state index is 0.0651. The fraction of sp³-hybridized carbons (Fsp3) is 0.294. The van der Waals surface area contributed by atoms with Gasteiger partial charge in [0.05, 0.1) is 12.1 Å². The van der Waals surface area contributed by atoms with Gasteiger partial charge < -0.3 is 4.74 Å². The van der Waals surface area contributed by atoms with Gasteiger partial charge in [0.15, 0.2) is 0 Å². The van der Waals surface area contributed by atoms with Crippen molar-refractivity contribution < 1.29 is 4.74 Å². The van der Waals surface area contributed by atoms with E-state index in [-0.39, 0.29) is 6.10 Å². The van der Waals surface area contributed by atoms with Gasteiger partial charge in [-0.25, -0.2) is 4.98 Å². The van der Waals surface area contributed by atoms with E-state index in [1.165, 1.54) is 5.56 Å². The number of fused-ring (bicyclic) bond motifs is 1. The lowest BCUT2D eigenvalue weighted by molar-refractivity contribution is -0.0328. The summed E-state index contributed by atoms with van der Waals surface area (Å²) in [5.74, 6) is 0. The van der Waals surface area contributed by atoms with E-state index >= 15 is 0 Å². The Morgan fingerprint density at radius 3 is 3.09 bits per heavy atom. The molecule has 0 aliphatic carbocycles. The highest BCUT2D eigenvalue weighted by molar-refractivity contribution is 7.09. The Hall–Kier alpha value is -1.53. The standard InChI is InChI=1S/C17H16ClN3OS/c18-14-4-3-12(16-13(14)2-1-5-19-16)10-21-7-8-22-15(11-21)17-20-6-9-23-17/h1-6,9,15H,7-8,10-11H2. The number of hydrogen-bond donors (Lipinski definition) is 0. The predicted molar refractivity (Wildman–Crippen MR) is 92.8 cm³/mol. The molecule has 1 unspecified atom stereocenters. The average molecular weight is 346 g/mol. The third-order valence-corrected chi connectivity index (χ3v) is 5.27. The zero-order chi connectivity index (χ0) is 15.6. The van der Waals surface area contributed by atoms with Gasteiger partial charge >= 0.3 is 0 Å². The van der Waals surface area contributed by atoms with Gasteiger partial charge in [-0.1, -0.05) is 17.7 Å². The second-order valence-corrected chi connectivity index (χ2v) is 6.90. The van der Waals surface area contributed by atoms with Crippen LogP contribution in [-0.4, -0.2) is 34.6 Å². The van der Waals surface area contributed by atoms with E-state index in [0.717, 1.165) is 47.2 Å². The van der Waals surface area contributed by atoms with Crippen LogP contribution in [0.15, 0.2) is 42.0 Å². The zero-order valence-corrected chi connectivity index (χ0v) is 14.1. The van der Waals surface area contributed by atoms with Crippen molar-refractivity contribution >= 4 is 33.8 Å². The summed E-state index contributed by atoms with van der Waals surface area (Å²) in [7, 11) is 0. The van der Waals surface area contributed by atoms with Crippen LogP contribution in [-0.2, 0) is 11.3 Å². The molecule has 0 bridgehead atoms. The molecule has 1 saturated heterocycles. The molecule has 0 radical (unpaired) electrons. The molecule has 0 amide bonds. The van der Waals surface area contributed by atoms with E-state index in [4.69, 9.17) is 16.3 Å². The minimum absolute atomic E-state index is 0.0651. The van der Waals surface area contributed by atoms with Crippen molar-refractivity contribution in [2.75, 3.05) is 19.7 Å². The Bertz CT molecular complexity index is 809. The summed E-state index contributed by atoms with van der Waals surface area (Å²) >= 11 is 7.93. The van der Waals surface area contributed by atoms with Gasteiger partial charge in [0.2, 0.25) is 0 Å². The first kappa shape index (κ1) is 15.0. The first-order chi connectivity index (χ1) is 11.3. The fourth-order valence-corrected chi connectivity index (χ4v) is 3.85. The van der Waals surface area contributed by atoms with E-state index < -0.39 is 0 Å². The van der Waals surface area contributed by atoms with Crippen LogP contribution < -0.4 is 0 Å². The van der Waals surface area contributed by atoms with Crippen LogP contribution in [0.4, 0.5) is 0 Å². The van der Waals surface area contributed by atoms with E-state index in [9.17, 15) is 0 Å². The van der Waals surface area contributed by atoms with Crippen molar-refractivity contribution in [3.63, 3.8) is 0 Å². The van der Waals surface area contributed by atoms with E-state index in [1.54, 1.807) is 11.3 Å². The Kier molecular flexibility index (Phi) is 4.27. The molecule has 118 valence electrons. The molecule has 1 aromatic carbocycles. The van der Waals surface area contributed by atoms with Crippen molar-refractivity contribution in [1.82, 2.24) is 14.9 Å². The lowest BCUT2D eigenvalue weighted by Crippen LogP contribution is -2.37. The first-order valence-corrected chi connectivity index (χ1v) is 8.82. The van der Waals surface area contributed by atoms with Gasteiger partial charge in [0.1, 0.15) is 11.1 Å². The molecule has 1 atom stereocenters. The summed E-state index contributed by atoms with van der Waals surface area (Å²) < 4.78 is 5.87. The van der Waals surface area contributed by atoms with Gasteiger partial charge in [-0.15, -0.1) is 11.3 Å². The second-order valence-electron chi connectivity index (χ2n) is 5.57. The highest BCUT2D eigenvalue weighted by atomic mass is 35.5. The van der Waals surface area contributed by atoms with Crippen LogP contribution in [0.25, 0.3) is 10.9 Å². The van der Waals surface area contributed by atoms with E-state index in [2.05, 4.69) is 20.9 Å². The molecular weight excluding hydrogens is 330 g/mol. The molecule has 0 N–H and O–H groups in total. The molecule has 1 aliphatic heterocycles. The minimum Gasteiger partial charge on any atom is -0.368 e. The lowest BCUT2D eigenvalue weighted by atomic mass is 10.1. The SMILES string of the molecule is Clc1ccc(CN2CCOC(c3nccs3)C2)c2ncccc12. The van der Waals surface area contributed by atoms with Gasteiger partial charge in [-0.2, -0.15) is 0 Å². The summed E-state index contributed by atoms with van der Waals surface area (Å²) in [4.78, 5) is 11.3. The summed E-state index contributed by atoms with van der Waals surface area (Å²) in [6.07, 6.45) is 3.72. The third-order valence-electron chi connectivity index (χ3n) is 4.07. The molecule has 4 nitrogen and oxygen atoms in total. The third kappa shape index (κ3) is 3.10. The van der Waals surface area contributed by atoms with Crippen molar-refractivity contribution in [1.29, 1.82) is 0 Å². The molecule has 23 heavy (non-hydrogen) atoms. The Morgan fingerprint density at radius 2 is 2.22 bits per heavy atom. The van der Waals surface area contributed by atoms with Crippen LogP contribution in [0, 0.1) is 0 Å². The van der Waals surface area contributed by atoms with Gasteiger partial charge in [0.25, 0.3) is 0 Å². The molecule has 2 aromatic heterocycles. The number of morpholine rings is 1. The fourth-order valence-electron chi connectivity index (χ4n) is 2.95. The molecular formula is C17H16ClN3OS. The molecule has 6 heteroatoms. The highest BCUT2D eigenvalue weighted by Gasteiger charge is 2.24. The maximum Gasteiger partial charge on any atom is 0.123 e. The molecule has 3 heterocycles. The Morgan fingerprint density at radius 1 is 1.26 bits per heavy atom. The molecule has 1 fully saturated rings. The smallest absolute Gasteiger partial charge is 0.123 e. The summed E-state index contributed by atoms with van der Waals surface area (Å²) in [6, 6.07) is 7.97. The molecule has 3 aromatic rings. The van der Waals surface area contributed by atoms with Crippen LogP contribution in [0.1, 0.15) is 16.7 Å². The predicted octanol–water partition coefficient (Wildman–Crippen LogP) is 3.92. The normalized spacial score (nSPS) is 19.3. The number of ether oxygens (including phenoxy) is 1. The van der Waals surface area contributed by atoms with Gasteiger partial charge in [-0.3, -0.25) is 9.88 Å². The highest BCUT2D eigenvalue weighted by Crippen LogP contribution is 2.28. The Balaban J connectivity index is 1.57. The van der Waals surface area contributed by atoms with Crippen LogP contribution in [0.3, 0.4) is 0 Å². The largest absolute Gasteiger partial charge is 0.368 e. The molecule has 1 aliphatic rings. The maximum atomic E-state index is 6.28. The van der Waals surface area contributed by atoms with Crippen molar-refractivity contribution in [2.45, 2.75) is 12.6 Å². The molecule has 0 spiro atoms. The van der Waals surface area contributed by atoms with E-state index in [1.807, 2.05) is 36.0 Å². The topological polar surface area (TPSA) is 38.2 Å². The van der Waals surface area contributed by atoms with Crippen molar-refractivity contribution in [3.05, 3.63) is 57.6 Å². The number of nitrogens with zero attached hydrogens (tertiary/aromatic N) is 3. The monoisotopic (exact) mass is 345 g/mol. The number of benzene rings is 1. The Labute approximate surface area is 143 Å². The molecule has 0 saturated carbocycles. The number of rotatable bonds is 3. The van der Waals surface area contributed by atoms with Crippen molar-refractivity contribution in [2.24, 2.45) is 0 Å². The number of pyridine rings is 1.